The Labute approximate surface area is 188 Å². The van der Waals surface area contributed by atoms with Crippen molar-refractivity contribution in [3.8, 4) is 0 Å². The molecule has 1 saturated carbocycles. The Balaban J connectivity index is 1.87. The Morgan fingerprint density at radius 1 is 1.25 bits per heavy atom. The Bertz CT molecular complexity index is 1110. The molecule has 8 nitrogen and oxygen atoms in total. The van der Waals surface area contributed by atoms with Crippen molar-refractivity contribution in [2.75, 3.05) is 16.2 Å². The summed E-state index contributed by atoms with van der Waals surface area (Å²) in [6, 6.07) is 3.27. The first-order valence-electron chi connectivity index (χ1n) is 10.3. The van der Waals surface area contributed by atoms with E-state index in [1.54, 1.807) is 10.8 Å². The summed E-state index contributed by atoms with van der Waals surface area (Å²) in [5.74, 6) is 0. The maximum absolute atomic E-state index is 13.1. The van der Waals surface area contributed by atoms with Gasteiger partial charge in [-0.2, -0.15) is 21.6 Å². The van der Waals surface area contributed by atoms with E-state index >= 15 is 0 Å². The van der Waals surface area contributed by atoms with Gasteiger partial charge in [-0.15, -0.1) is 20.4 Å². The van der Waals surface area contributed by atoms with Crippen LogP contribution in [-0.2, 0) is 15.4 Å². The lowest BCUT2D eigenvalue weighted by atomic mass is 9.67. The van der Waals surface area contributed by atoms with Crippen molar-refractivity contribution in [1.29, 1.82) is 0 Å². The van der Waals surface area contributed by atoms with Crippen LogP contribution in [0.4, 0.5) is 35.4 Å². The number of anilines is 2. The van der Waals surface area contributed by atoms with Gasteiger partial charge in [0.1, 0.15) is 11.2 Å². The van der Waals surface area contributed by atoms with Crippen LogP contribution in [0.15, 0.2) is 27.9 Å². The van der Waals surface area contributed by atoms with Crippen molar-refractivity contribution in [2.45, 2.75) is 62.9 Å². The van der Waals surface area contributed by atoms with Gasteiger partial charge in [-0.3, -0.25) is 4.72 Å². The Hall–Kier alpha value is -2.28. The molecule has 4 rings (SSSR count). The molecule has 32 heavy (non-hydrogen) atoms. The highest BCUT2D eigenvalue weighted by Crippen LogP contribution is 2.55. The first kappa shape index (κ1) is 22.9. The van der Waals surface area contributed by atoms with Crippen LogP contribution in [0.3, 0.4) is 0 Å². The van der Waals surface area contributed by atoms with Crippen LogP contribution in [0, 0.1) is 0 Å². The van der Waals surface area contributed by atoms with Crippen molar-refractivity contribution in [1.82, 2.24) is 10.2 Å². The van der Waals surface area contributed by atoms with Crippen molar-refractivity contribution < 1.29 is 21.6 Å². The predicted octanol–water partition coefficient (Wildman–Crippen LogP) is 5.65. The third kappa shape index (κ3) is 3.85. The van der Waals surface area contributed by atoms with Crippen molar-refractivity contribution in [3.63, 3.8) is 0 Å². The standard InChI is InChI=1S/C19H23F3N6O2S2/c1-3-28-12(2)18(7-5-4-6-8-18)13-9-14(24-26-17-25-23-11-31-17)15(10-16(13)28)27-32(29,30)19(20,21)22/h9-12,27H,3-8H2,1-2H3. The molecular formula is C19H23F3N6O2S2. The molecule has 1 aromatic heterocycles. The molecule has 1 unspecified atom stereocenters. The number of nitrogens with zero attached hydrogens (tertiary/aromatic N) is 5. The van der Waals surface area contributed by atoms with E-state index < -0.39 is 15.5 Å². The number of sulfonamides is 1. The topological polar surface area (TPSA) is 99.9 Å². The van der Waals surface area contributed by atoms with Gasteiger partial charge < -0.3 is 4.90 Å². The monoisotopic (exact) mass is 488 g/mol. The number of halogens is 3. The quantitative estimate of drug-likeness (QED) is 0.549. The lowest BCUT2D eigenvalue weighted by molar-refractivity contribution is -0.0429. The summed E-state index contributed by atoms with van der Waals surface area (Å²) >= 11 is 1.11. The van der Waals surface area contributed by atoms with Crippen molar-refractivity contribution in [3.05, 3.63) is 23.2 Å². The average Bonchev–Trinajstić information content (AvgIpc) is 3.32. The van der Waals surface area contributed by atoms with E-state index in [9.17, 15) is 21.6 Å². The van der Waals surface area contributed by atoms with E-state index in [0.29, 0.717) is 6.54 Å². The van der Waals surface area contributed by atoms with E-state index in [2.05, 4.69) is 32.2 Å². The van der Waals surface area contributed by atoms with Crippen LogP contribution in [-0.4, -0.2) is 36.7 Å². The van der Waals surface area contributed by atoms with E-state index in [1.165, 1.54) is 11.6 Å². The summed E-state index contributed by atoms with van der Waals surface area (Å²) in [6.07, 6.45) is 5.18. The lowest BCUT2D eigenvalue weighted by Crippen LogP contribution is -2.43. The van der Waals surface area contributed by atoms with Crippen molar-refractivity contribution in [2.24, 2.45) is 10.2 Å². The van der Waals surface area contributed by atoms with Gasteiger partial charge in [0.2, 0.25) is 0 Å². The zero-order valence-corrected chi connectivity index (χ0v) is 19.2. The molecule has 0 saturated heterocycles. The second kappa shape index (κ2) is 8.25. The molecule has 0 amide bonds. The first-order chi connectivity index (χ1) is 15.1. The van der Waals surface area contributed by atoms with E-state index in [-0.39, 0.29) is 28.0 Å². The fraction of sp³-hybridized carbons (Fsp3) is 0.579. The van der Waals surface area contributed by atoms with Crippen LogP contribution in [0.1, 0.15) is 51.5 Å². The Morgan fingerprint density at radius 2 is 1.97 bits per heavy atom. The number of alkyl halides is 3. The molecule has 0 bridgehead atoms. The van der Waals surface area contributed by atoms with Gasteiger partial charge in [0.25, 0.3) is 5.13 Å². The molecule has 174 valence electrons. The van der Waals surface area contributed by atoms with Crippen LogP contribution in [0.2, 0.25) is 0 Å². The summed E-state index contributed by atoms with van der Waals surface area (Å²) in [4.78, 5) is 2.12. The number of likely N-dealkylation sites (N-methyl/N-ethyl adjacent to an activating group) is 1. The molecule has 1 spiro atoms. The molecule has 1 fully saturated rings. The number of hydrogen-bond donors (Lipinski definition) is 1. The van der Waals surface area contributed by atoms with Gasteiger partial charge in [0, 0.05) is 23.7 Å². The van der Waals surface area contributed by atoms with Gasteiger partial charge >= 0.3 is 15.5 Å². The first-order valence-corrected chi connectivity index (χ1v) is 12.7. The summed E-state index contributed by atoms with van der Waals surface area (Å²) in [6.45, 7) is 4.74. The summed E-state index contributed by atoms with van der Waals surface area (Å²) in [7, 11) is -5.63. The molecule has 2 heterocycles. The maximum Gasteiger partial charge on any atom is 0.516 e. The van der Waals surface area contributed by atoms with Gasteiger partial charge in [0.15, 0.2) is 0 Å². The zero-order chi connectivity index (χ0) is 23.1. The SMILES string of the molecule is CCN1c2cc(NS(=O)(=O)C(F)(F)F)c(N=Nc3nncs3)cc2C2(CCCCC2)C1C. The molecular weight excluding hydrogens is 465 g/mol. The van der Waals surface area contributed by atoms with Crippen LogP contribution < -0.4 is 9.62 Å². The summed E-state index contributed by atoms with van der Waals surface area (Å²) < 4.78 is 64.7. The Morgan fingerprint density at radius 3 is 2.56 bits per heavy atom. The number of rotatable bonds is 5. The van der Waals surface area contributed by atoms with E-state index in [1.807, 2.05) is 6.92 Å². The third-order valence-electron chi connectivity index (χ3n) is 6.45. The number of nitrogens with one attached hydrogen (secondary N) is 1. The van der Waals surface area contributed by atoms with E-state index in [0.717, 1.165) is 54.7 Å². The molecule has 2 aliphatic rings. The molecule has 1 aliphatic heterocycles. The fourth-order valence-electron chi connectivity index (χ4n) is 4.93. The Kier molecular flexibility index (Phi) is 5.90. The highest BCUT2D eigenvalue weighted by molar-refractivity contribution is 7.93. The maximum atomic E-state index is 13.1. The molecule has 1 N–H and O–H groups in total. The second-order valence-corrected chi connectivity index (χ2v) is 10.5. The van der Waals surface area contributed by atoms with E-state index in [4.69, 9.17) is 0 Å². The number of azo groups is 1. The number of fused-ring (bicyclic) bond motifs is 2. The lowest BCUT2D eigenvalue weighted by Gasteiger charge is -2.40. The van der Waals surface area contributed by atoms with Gasteiger partial charge in [0.05, 0.1) is 5.69 Å². The van der Waals surface area contributed by atoms with Crippen molar-refractivity contribution >= 4 is 43.6 Å². The fourth-order valence-corrected chi connectivity index (χ4v) is 5.87. The zero-order valence-electron chi connectivity index (χ0n) is 17.6. The summed E-state index contributed by atoms with van der Waals surface area (Å²) in [5.41, 5.74) is -2.71. The number of aromatic nitrogens is 2. The van der Waals surface area contributed by atoms with Gasteiger partial charge in [-0.05, 0) is 44.4 Å². The van der Waals surface area contributed by atoms with Gasteiger partial charge in [-0.25, -0.2) is 0 Å². The predicted molar refractivity (Wildman–Crippen MR) is 116 cm³/mol. The molecule has 1 aliphatic carbocycles. The number of benzene rings is 1. The second-order valence-electron chi connectivity index (χ2n) is 8.04. The minimum Gasteiger partial charge on any atom is -0.368 e. The largest absolute Gasteiger partial charge is 0.516 e. The highest BCUT2D eigenvalue weighted by Gasteiger charge is 2.50. The normalized spacial score (nSPS) is 20.8. The minimum atomic E-state index is -5.63. The number of hydrogen-bond acceptors (Lipinski definition) is 8. The van der Waals surface area contributed by atoms with Gasteiger partial charge in [-0.1, -0.05) is 30.6 Å². The van der Waals surface area contributed by atoms with Crippen LogP contribution >= 0.6 is 11.3 Å². The molecule has 2 aromatic rings. The molecule has 13 heteroatoms. The molecule has 1 atom stereocenters. The van der Waals surface area contributed by atoms with Crippen LogP contribution in [0.25, 0.3) is 0 Å². The van der Waals surface area contributed by atoms with Crippen LogP contribution in [0.5, 0.6) is 0 Å². The smallest absolute Gasteiger partial charge is 0.368 e. The average molecular weight is 489 g/mol. The minimum absolute atomic E-state index is 0.0156. The summed E-state index contributed by atoms with van der Waals surface area (Å²) in [5, 5.41) is 15.6. The third-order valence-corrected chi connectivity index (χ3v) is 8.13. The highest BCUT2D eigenvalue weighted by atomic mass is 32.2. The molecule has 0 radical (unpaired) electrons. The molecule has 1 aromatic carbocycles.